The highest BCUT2D eigenvalue weighted by Crippen LogP contribution is 2.23. The molecule has 0 spiro atoms. The maximum Gasteiger partial charge on any atom is 0.107 e. The van der Waals surface area contributed by atoms with Crippen LogP contribution in [0.4, 0.5) is 0 Å². The zero-order chi connectivity index (χ0) is 13.0. The Labute approximate surface area is 113 Å². The Morgan fingerprint density at radius 3 is 2.78 bits per heavy atom. The largest absolute Gasteiger partial charge is 0.310 e. The van der Waals surface area contributed by atoms with Gasteiger partial charge >= 0.3 is 0 Å². The lowest BCUT2D eigenvalue weighted by Crippen LogP contribution is -2.13. The Morgan fingerprint density at radius 2 is 2.06 bits per heavy atom. The molecular formula is C15H20N2S. The van der Waals surface area contributed by atoms with Crippen LogP contribution in [0.15, 0.2) is 23.6 Å². The lowest BCUT2D eigenvalue weighted by Gasteiger charge is -2.02. The van der Waals surface area contributed by atoms with Gasteiger partial charge in [-0.15, -0.1) is 11.3 Å². The summed E-state index contributed by atoms with van der Waals surface area (Å²) < 4.78 is 0. The minimum atomic E-state index is 0.878. The molecule has 0 radical (unpaired) electrons. The van der Waals surface area contributed by atoms with Crippen LogP contribution in [0, 0.1) is 13.8 Å². The van der Waals surface area contributed by atoms with Crippen molar-refractivity contribution in [2.45, 2.75) is 33.7 Å². The average molecular weight is 260 g/mol. The van der Waals surface area contributed by atoms with Crippen molar-refractivity contribution in [3.05, 3.63) is 39.7 Å². The van der Waals surface area contributed by atoms with Crippen LogP contribution >= 0.6 is 11.3 Å². The molecule has 2 aromatic rings. The zero-order valence-electron chi connectivity index (χ0n) is 11.3. The molecule has 0 aliphatic carbocycles. The van der Waals surface area contributed by atoms with Crippen LogP contribution in [-0.4, -0.2) is 11.5 Å². The third kappa shape index (κ3) is 3.18. The third-order valence-corrected chi connectivity index (χ3v) is 3.91. The van der Waals surface area contributed by atoms with Crippen molar-refractivity contribution < 1.29 is 0 Å². The first-order valence-electron chi connectivity index (χ1n) is 6.43. The average Bonchev–Trinajstić information content (AvgIpc) is 2.82. The van der Waals surface area contributed by atoms with E-state index in [1.165, 1.54) is 16.7 Å². The van der Waals surface area contributed by atoms with E-state index in [4.69, 9.17) is 0 Å². The summed E-state index contributed by atoms with van der Waals surface area (Å²) in [5.41, 5.74) is 4.97. The van der Waals surface area contributed by atoms with E-state index in [1.54, 1.807) is 11.3 Å². The number of aryl methyl sites for hydroxylation is 2. The molecule has 0 saturated heterocycles. The molecule has 0 saturated carbocycles. The van der Waals surface area contributed by atoms with Crippen LogP contribution in [0.5, 0.6) is 0 Å². The first-order valence-corrected chi connectivity index (χ1v) is 7.31. The standard InChI is InChI=1S/C15H20N2S/c1-4-7-16-9-15-17-14(10-18-15)13-6-5-11(2)12(3)8-13/h5-6,8,10,16H,4,7,9H2,1-3H3. The molecule has 0 bridgehead atoms. The van der Waals surface area contributed by atoms with Gasteiger partial charge in [-0.3, -0.25) is 0 Å². The van der Waals surface area contributed by atoms with E-state index >= 15 is 0 Å². The number of hydrogen-bond donors (Lipinski definition) is 1. The summed E-state index contributed by atoms with van der Waals surface area (Å²) in [5, 5.41) is 6.69. The summed E-state index contributed by atoms with van der Waals surface area (Å²) >= 11 is 1.73. The SMILES string of the molecule is CCCNCc1nc(-c2ccc(C)c(C)c2)cs1. The maximum absolute atomic E-state index is 4.68. The molecule has 2 nitrogen and oxygen atoms in total. The number of nitrogens with one attached hydrogen (secondary N) is 1. The van der Waals surface area contributed by atoms with Crippen molar-refractivity contribution >= 4 is 11.3 Å². The molecule has 96 valence electrons. The van der Waals surface area contributed by atoms with Crippen molar-refractivity contribution in [1.29, 1.82) is 0 Å². The van der Waals surface area contributed by atoms with Gasteiger partial charge in [0.05, 0.1) is 5.69 Å². The maximum atomic E-state index is 4.68. The van der Waals surface area contributed by atoms with Crippen LogP contribution in [0.25, 0.3) is 11.3 Å². The highest BCUT2D eigenvalue weighted by molar-refractivity contribution is 7.09. The van der Waals surface area contributed by atoms with Gasteiger partial charge in [-0.2, -0.15) is 0 Å². The van der Waals surface area contributed by atoms with E-state index in [0.29, 0.717) is 0 Å². The Morgan fingerprint density at radius 1 is 1.22 bits per heavy atom. The van der Waals surface area contributed by atoms with Crippen LogP contribution < -0.4 is 5.32 Å². The van der Waals surface area contributed by atoms with Gasteiger partial charge < -0.3 is 5.32 Å². The molecule has 2 rings (SSSR count). The Kier molecular flexibility index (Phi) is 4.50. The summed E-state index contributed by atoms with van der Waals surface area (Å²) in [6.07, 6.45) is 1.16. The summed E-state index contributed by atoms with van der Waals surface area (Å²) in [6, 6.07) is 6.54. The van der Waals surface area contributed by atoms with Gasteiger partial charge in [-0.1, -0.05) is 19.1 Å². The van der Waals surface area contributed by atoms with E-state index in [2.05, 4.69) is 54.7 Å². The third-order valence-electron chi connectivity index (χ3n) is 3.06. The predicted octanol–water partition coefficient (Wildman–Crippen LogP) is 3.93. The molecule has 0 aliphatic heterocycles. The molecule has 0 aliphatic rings. The van der Waals surface area contributed by atoms with Crippen LogP contribution in [0.1, 0.15) is 29.5 Å². The second-order valence-corrected chi connectivity index (χ2v) is 5.54. The number of benzene rings is 1. The highest BCUT2D eigenvalue weighted by Gasteiger charge is 2.05. The molecule has 1 heterocycles. The quantitative estimate of drug-likeness (QED) is 0.824. The summed E-state index contributed by atoms with van der Waals surface area (Å²) in [6.45, 7) is 8.40. The van der Waals surface area contributed by atoms with E-state index < -0.39 is 0 Å². The summed E-state index contributed by atoms with van der Waals surface area (Å²) in [5.74, 6) is 0. The van der Waals surface area contributed by atoms with Crippen molar-refractivity contribution in [3.8, 4) is 11.3 Å². The molecule has 0 fully saturated rings. The van der Waals surface area contributed by atoms with Crippen molar-refractivity contribution in [1.82, 2.24) is 10.3 Å². The Bertz CT molecular complexity index is 517. The fourth-order valence-electron chi connectivity index (χ4n) is 1.80. The van der Waals surface area contributed by atoms with Gasteiger partial charge in [0.1, 0.15) is 5.01 Å². The fraction of sp³-hybridized carbons (Fsp3) is 0.400. The predicted molar refractivity (Wildman–Crippen MR) is 79.0 cm³/mol. The summed E-state index contributed by atoms with van der Waals surface area (Å²) in [7, 11) is 0. The van der Waals surface area contributed by atoms with E-state index in [9.17, 15) is 0 Å². The smallest absolute Gasteiger partial charge is 0.107 e. The molecule has 18 heavy (non-hydrogen) atoms. The van der Waals surface area contributed by atoms with E-state index in [-0.39, 0.29) is 0 Å². The van der Waals surface area contributed by atoms with E-state index in [1.807, 2.05) is 0 Å². The molecule has 1 aromatic carbocycles. The molecule has 1 N–H and O–H groups in total. The number of rotatable bonds is 5. The highest BCUT2D eigenvalue weighted by atomic mass is 32.1. The van der Waals surface area contributed by atoms with Crippen molar-refractivity contribution in [2.24, 2.45) is 0 Å². The monoisotopic (exact) mass is 260 g/mol. The van der Waals surface area contributed by atoms with Crippen LogP contribution in [0.2, 0.25) is 0 Å². The van der Waals surface area contributed by atoms with Crippen molar-refractivity contribution in [3.63, 3.8) is 0 Å². The minimum Gasteiger partial charge on any atom is -0.310 e. The normalized spacial score (nSPS) is 10.8. The molecule has 1 aromatic heterocycles. The Balaban J connectivity index is 2.11. The molecule has 0 amide bonds. The lowest BCUT2D eigenvalue weighted by molar-refractivity contribution is 0.673. The Hall–Kier alpha value is -1.19. The molecule has 0 atom stereocenters. The number of aromatic nitrogens is 1. The topological polar surface area (TPSA) is 24.9 Å². The van der Waals surface area contributed by atoms with Gasteiger partial charge in [0, 0.05) is 17.5 Å². The van der Waals surface area contributed by atoms with Crippen LogP contribution in [0.3, 0.4) is 0 Å². The first kappa shape index (κ1) is 13.2. The lowest BCUT2D eigenvalue weighted by atomic mass is 10.1. The summed E-state index contributed by atoms with van der Waals surface area (Å²) in [4.78, 5) is 4.68. The number of hydrogen-bond acceptors (Lipinski definition) is 3. The van der Waals surface area contributed by atoms with Gasteiger partial charge in [0.25, 0.3) is 0 Å². The zero-order valence-corrected chi connectivity index (χ0v) is 12.1. The molecule has 3 heteroatoms. The van der Waals surface area contributed by atoms with Crippen molar-refractivity contribution in [2.75, 3.05) is 6.54 Å². The first-order chi connectivity index (χ1) is 8.70. The second-order valence-electron chi connectivity index (χ2n) is 4.60. The fourth-order valence-corrected chi connectivity index (χ4v) is 2.57. The molecular weight excluding hydrogens is 240 g/mol. The molecule has 0 unspecified atom stereocenters. The van der Waals surface area contributed by atoms with E-state index in [0.717, 1.165) is 30.2 Å². The number of nitrogens with zero attached hydrogens (tertiary/aromatic N) is 1. The van der Waals surface area contributed by atoms with Gasteiger partial charge in [-0.25, -0.2) is 4.98 Å². The van der Waals surface area contributed by atoms with Gasteiger partial charge in [0.15, 0.2) is 0 Å². The second kappa shape index (κ2) is 6.12. The van der Waals surface area contributed by atoms with Crippen LogP contribution in [-0.2, 0) is 6.54 Å². The number of thiazole rings is 1. The minimum absolute atomic E-state index is 0.878. The van der Waals surface area contributed by atoms with Gasteiger partial charge in [0.2, 0.25) is 0 Å². The van der Waals surface area contributed by atoms with Gasteiger partial charge in [-0.05, 0) is 44.0 Å².